The number of nitrogens with one attached hydrogen (secondary N) is 2. The molecule has 2 heterocycles. The van der Waals surface area contributed by atoms with Crippen LogP contribution in [0.2, 0.25) is 0 Å². The molecule has 1 amide bonds. The molecule has 3 rings (SSSR count). The highest BCUT2D eigenvalue weighted by Crippen LogP contribution is 2.23. The van der Waals surface area contributed by atoms with Crippen LogP contribution in [0.5, 0.6) is 0 Å². The molecule has 0 fully saturated rings. The van der Waals surface area contributed by atoms with Gasteiger partial charge in [0.1, 0.15) is 0 Å². The summed E-state index contributed by atoms with van der Waals surface area (Å²) in [7, 11) is 0. The Balaban J connectivity index is 2.52. The van der Waals surface area contributed by atoms with E-state index < -0.39 is 0 Å². The highest BCUT2D eigenvalue weighted by molar-refractivity contribution is 6.08. The highest BCUT2D eigenvalue weighted by atomic mass is 16.1. The number of carbonyl (C=O) groups is 1. The first-order valence-electron chi connectivity index (χ1n) is 4.10. The molecule has 0 spiro atoms. The molecule has 0 unspecified atom stereocenters. The Bertz CT molecular complexity index is 501. The van der Waals surface area contributed by atoms with Gasteiger partial charge in [0.2, 0.25) is 0 Å². The van der Waals surface area contributed by atoms with Crippen LogP contribution in [0.1, 0.15) is 16.1 Å². The third-order valence-electron chi connectivity index (χ3n) is 2.33. The summed E-state index contributed by atoms with van der Waals surface area (Å²) in [6, 6.07) is 5.56. The van der Waals surface area contributed by atoms with Gasteiger partial charge in [-0.25, -0.2) is 0 Å². The third kappa shape index (κ3) is 0.744. The van der Waals surface area contributed by atoms with Crippen molar-refractivity contribution in [3.8, 4) is 0 Å². The van der Waals surface area contributed by atoms with Crippen LogP contribution < -0.4 is 5.32 Å². The number of hydrogen-bond acceptors (Lipinski definition) is 2. The summed E-state index contributed by atoms with van der Waals surface area (Å²) in [5, 5.41) is 10.8. The lowest BCUT2D eigenvalue weighted by molar-refractivity contribution is 0.0949. The topological polar surface area (TPSA) is 57.8 Å². The maximum atomic E-state index is 11.4. The highest BCUT2D eigenvalue weighted by Gasteiger charge is 2.19. The first kappa shape index (κ1) is 6.65. The fourth-order valence-corrected chi connectivity index (χ4v) is 1.72. The first-order valence-corrected chi connectivity index (χ1v) is 4.10. The maximum absolute atomic E-state index is 11.4. The van der Waals surface area contributed by atoms with Crippen molar-refractivity contribution in [2.45, 2.75) is 6.54 Å². The van der Waals surface area contributed by atoms with E-state index in [1.165, 1.54) is 0 Å². The summed E-state index contributed by atoms with van der Waals surface area (Å²) in [6.45, 7) is 0.548. The van der Waals surface area contributed by atoms with Gasteiger partial charge in [-0.2, -0.15) is 5.10 Å². The van der Waals surface area contributed by atoms with Gasteiger partial charge in [-0.1, -0.05) is 6.07 Å². The number of aromatic amines is 1. The summed E-state index contributed by atoms with van der Waals surface area (Å²) in [5.41, 5.74) is 2.57. The minimum absolute atomic E-state index is 0.0144. The van der Waals surface area contributed by atoms with E-state index in [1.807, 2.05) is 18.2 Å². The van der Waals surface area contributed by atoms with Crippen LogP contribution in [0.15, 0.2) is 18.2 Å². The zero-order valence-corrected chi connectivity index (χ0v) is 6.79. The zero-order valence-electron chi connectivity index (χ0n) is 6.79. The molecule has 0 saturated carbocycles. The number of benzene rings is 1. The zero-order chi connectivity index (χ0) is 8.84. The van der Waals surface area contributed by atoms with Gasteiger partial charge in [0.15, 0.2) is 0 Å². The van der Waals surface area contributed by atoms with E-state index >= 15 is 0 Å². The van der Waals surface area contributed by atoms with Crippen LogP contribution in [-0.4, -0.2) is 16.1 Å². The molecule has 0 aliphatic carbocycles. The van der Waals surface area contributed by atoms with Crippen molar-refractivity contribution in [1.29, 1.82) is 0 Å². The molecular weight excluding hydrogens is 166 g/mol. The second-order valence-electron chi connectivity index (χ2n) is 3.08. The molecule has 0 radical (unpaired) electrons. The van der Waals surface area contributed by atoms with Crippen LogP contribution in [0.25, 0.3) is 10.9 Å². The number of hydrogen-bond donors (Lipinski definition) is 2. The lowest BCUT2D eigenvalue weighted by Gasteiger charge is -2.11. The van der Waals surface area contributed by atoms with Crippen molar-refractivity contribution in [1.82, 2.24) is 15.5 Å². The van der Waals surface area contributed by atoms with Gasteiger partial charge in [-0.15, -0.1) is 0 Å². The number of amides is 1. The Morgan fingerprint density at radius 2 is 2.31 bits per heavy atom. The number of H-pyrrole nitrogens is 1. The van der Waals surface area contributed by atoms with Crippen molar-refractivity contribution in [2.24, 2.45) is 0 Å². The van der Waals surface area contributed by atoms with E-state index in [2.05, 4.69) is 15.5 Å². The number of nitrogens with zero attached hydrogens (tertiary/aromatic N) is 1. The van der Waals surface area contributed by atoms with Crippen LogP contribution in [0, 0.1) is 0 Å². The maximum Gasteiger partial charge on any atom is 0.252 e. The van der Waals surface area contributed by atoms with Crippen molar-refractivity contribution in [2.75, 3.05) is 0 Å². The molecule has 4 heteroatoms. The normalized spacial score (nSPS) is 14.6. The molecule has 1 aliphatic rings. The number of rotatable bonds is 0. The van der Waals surface area contributed by atoms with Gasteiger partial charge in [0.25, 0.3) is 5.91 Å². The fourth-order valence-electron chi connectivity index (χ4n) is 1.72. The number of aromatic nitrogens is 2. The molecule has 2 N–H and O–H groups in total. The van der Waals surface area contributed by atoms with Gasteiger partial charge in [0, 0.05) is 5.39 Å². The molecule has 0 bridgehead atoms. The van der Waals surface area contributed by atoms with Crippen LogP contribution in [-0.2, 0) is 6.54 Å². The van der Waals surface area contributed by atoms with E-state index in [0.717, 1.165) is 16.6 Å². The largest absolute Gasteiger partial charge is 0.346 e. The fraction of sp³-hybridized carbons (Fsp3) is 0.111. The Morgan fingerprint density at radius 3 is 3.23 bits per heavy atom. The molecule has 1 aromatic carbocycles. The monoisotopic (exact) mass is 173 g/mol. The van der Waals surface area contributed by atoms with Gasteiger partial charge < -0.3 is 5.32 Å². The molecule has 64 valence electrons. The van der Waals surface area contributed by atoms with Gasteiger partial charge in [0.05, 0.1) is 23.3 Å². The minimum atomic E-state index is -0.0144. The number of carbonyl (C=O) groups excluding carboxylic acids is 1. The predicted molar refractivity (Wildman–Crippen MR) is 47.3 cm³/mol. The molecule has 1 aliphatic heterocycles. The smallest absolute Gasteiger partial charge is 0.252 e. The average Bonchev–Trinajstić information content (AvgIpc) is 2.57. The molecule has 13 heavy (non-hydrogen) atoms. The Hall–Kier alpha value is -1.84. The van der Waals surface area contributed by atoms with E-state index in [0.29, 0.717) is 12.1 Å². The Morgan fingerprint density at radius 1 is 1.38 bits per heavy atom. The quantitative estimate of drug-likeness (QED) is 0.619. The summed E-state index contributed by atoms with van der Waals surface area (Å²) in [6.07, 6.45) is 0. The standard InChI is InChI=1S/C9H7N3O/c13-9-5-2-1-3-6-8(5)7(4-10-9)12-11-6/h1-3H,4H2,(H,10,13)(H,11,12). The predicted octanol–water partition coefficient (Wildman–Crippen LogP) is 0.806. The molecule has 0 saturated heterocycles. The molecule has 0 atom stereocenters. The summed E-state index contributed by atoms with van der Waals surface area (Å²) in [5.74, 6) is -0.0144. The summed E-state index contributed by atoms with van der Waals surface area (Å²) < 4.78 is 0. The van der Waals surface area contributed by atoms with Crippen LogP contribution in [0.3, 0.4) is 0 Å². The Kier molecular flexibility index (Phi) is 1.07. The SMILES string of the molecule is O=C1NCc2[nH]nc3cccc1c23. The van der Waals surface area contributed by atoms with Gasteiger partial charge >= 0.3 is 0 Å². The first-order chi connectivity index (χ1) is 6.36. The van der Waals surface area contributed by atoms with E-state index in [9.17, 15) is 4.79 Å². The van der Waals surface area contributed by atoms with Crippen molar-refractivity contribution in [3.63, 3.8) is 0 Å². The summed E-state index contributed by atoms with van der Waals surface area (Å²) >= 11 is 0. The lowest BCUT2D eigenvalue weighted by atomic mass is 10.0. The molecule has 1 aromatic heterocycles. The average molecular weight is 173 g/mol. The van der Waals surface area contributed by atoms with Crippen LogP contribution >= 0.6 is 0 Å². The van der Waals surface area contributed by atoms with Crippen LogP contribution in [0.4, 0.5) is 0 Å². The lowest BCUT2D eigenvalue weighted by Crippen LogP contribution is -2.26. The second kappa shape index (κ2) is 2.10. The van der Waals surface area contributed by atoms with E-state index in [1.54, 1.807) is 0 Å². The van der Waals surface area contributed by atoms with E-state index in [4.69, 9.17) is 0 Å². The Labute approximate surface area is 73.9 Å². The summed E-state index contributed by atoms with van der Waals surface area (Å²) in [4.78, 5) is 11.4. The molecule has 4 nitrogen and oxygen atoms in total. The second-order valence-corrected chi connectivity index (χ2v) is 3.08. The van der Waals surface area contributed by atoms with Crippen molar-refractivity contribution in [3.05, 3.63) is 29.5 Å². The molecular formula is C9H7N3O. The third-order valence-corrected chi connectivity index (χ3v) is 2.33. The van der Waals surface area contributed by atoms with Gasteiger partial charge in [-0.05, 0) is 12.1 Å². The van der Waals surface area contributed by atoms with Crippen molar-refractivity contribution < 1.29 is 4.79 Å². The molecule has 2 aromatic rings. The van der Waals surface area contributed by atoms with Crippen molar-refractivity contribution >= 4 is 16.8 Å². The van der Waals surface area contributed by atoms with E-state index in [-0.39, 0.29) is 5.91 Å². The van der Waals surface area contributed by atoms with Gasteiger partial charge in [-0.3, -0.25) is 9.89 Å². The minimum Gasteiger partial charge on any atom is -0.346 e.